The molecule has 1 aromatic rings. The van der Waals surface area contributed by atoms with Crippen molar-refractivity contribution >= 4 is 0 Å². The zero-order valence-electron chi connectivity index (χ0n) is 9.72. The van der Waals surface area contributed by atoms with E-state index in [9.17, 15) is 0 Å². The monoisotopic (exact) mass is 188 g/mol. The second kappa shape index (κ2) is 3.42. The third-order valence-electron chi connectivity index (χ3n) is 3.69. The standard InChI is InChI=1S/C14H20/c1-9(2)12-7-8-13-10(3)5-6-11(4)14(12)13/h5-6,9,12H,7-8H2,1-4H3. The molecule has 0 aliphatic heterocycles. The van der Waals surface area contributed by atoms with E-state index in [-0.39, 0.29) is 0 Å². The summed E-state index contributed by atoms with van der Waals surface area (Å²) in [5, 5.41) is 0. The van der Waals surface area contributed by atoms with E-state index in [1.165, 1.54) is 24.0 Å². The van der Waals surface area contributed by atoms with Gasteiger partial charge in [0, 0.05) is 0 Å². The number of aryl methyl sites for hydroxylation is 2. The molecule has 0 saturated heterocycles. The van der Waals surface area contributed by atoms with Crippen LogP contribution in [0.25, 0.3) is 0 Å². The van der Waals surface area contributed by atoms with E-state index in [1.807, 2.05) is 0 Å². The minimum atomic E-state index is 0.789. The van der Waals surface area contributed by atoms with Gasteiger partial charge in [0.15, 0.2) is 0 Å². The van der Waals surface area contributed by atoms with Crippen molar-refractivity contribution in [2.75, 3.05) is 0 Å². The molecule has 0 heteroatoms. The van der Waals surface area contributed by atoms with E-state index in [0.717, 1.165) is 11.8 Å². The van der Waals surface area contributed by atoms with Crippen LogP contribution in [-0.4, -0.2) is 0 Å². The van der Waals surface area contributed by atoms with E-state index in [2.05, 4.69) is 39.8 Å². The average molecular weight is 188 g/mol. The van der Waals surface area contributed by atoms with E-state index in [1.54, 1.807) is 11.1 Å². The fourth-order valence-corrected chi connectivity index (χ4v) is 2.85. The van der Waals surface area contributed by atoms with E-state index in [0.29, 0.717) is 0 Å². The van der Waals surface area contributed by atoms with Gasteiger partial charge in [0.25, 0.3) is 0 Å². The molecule has 0 amide bonds. The Morgan fingerprint density at radius 2 is 1.79 bits per heavy atom. The summed E-state index contributed by atoms with van der Waals surface area (Å²) in [4.78, 5) is 0. The molecule has 0 nitrogen and oxygen atoms in total. The van der Waals surface area contributed by atoms with Crippen LogP contribution in [0.4, 0.5) is 0 Å². The van der Waals surface area contributed by atoms with Gasteiger partial charge in [-0.3, -0.25) is 0 Å². The van der Waals surface area contributed by atoms with Crippen molar-refractivity contribution in [1.29, 1.82) is 0 Å². The quantitative estimate of drug-likeness (QED) is 0.625. The Labute approximate surface area is 87.3 Å². The SMILES string of the molecule is Cc1ccc(C)c2c1CCC2C(C)C. The first-order chi connectivity index (χ1) is 6.61. The molecule has 76 valence electrons. The van der Waals surface area contributed by atoms with E-state index >= 15 is 0 Å². The lowest BCUT2D eigenvalue weighted by Crippen LogP contribution is -2.04. The fraction of sp³-hybridized carbons (Fsp3) is 0.571. The second-order valence-corrected chi connectivity index (χ2v) is 4.98. The van der Waals surface area contributed by atoms with Crippen LogP contribution in [0, 0.1) is 19.8 Å². The summed E-state index contributed by atoms with van der Waals surface area (Å²) < 4.78 is 0. The van der Waals surface area contributed by atoms with Gasteiger partial charge in [-0.2, -0.15) is 0 Å². The lowest BCUT2D eigenvalue weighted by Gasteiger charge is -2.18. The Morgan fingerprint density at radius 1 is 1.14 bits per heavy atom. The van der Waals surface area contributed by atoms with Crippen LogP contribution in [-0.2, 0) is 6.42 Å². The molecule has 1 aliphatic carbocycles. The molecule has 14 heavy (non-hydrogen) atoms. The van der Waals surface area contributed by atoms with Crippen molar-refractivity contribution in [2.24, 2.45) is 5.92 Å². The van der Waals surface area contributed by atoms with Crippen LogP contribution in [0.1, 0.15) is 48.4 Å². The molecule has 0 N–H and O–H groups in total. The van der Waals surface area contributed by atoms with Crippen molar-refractivity contribution in [3.8, 4) is 0 Å². The molecular formula is C14H20. The Balaban J connectivity index is 2.53. The van der Waals surface area contributed by atoms with Gasteiger partial charge in [0.05, 0.1) is 0 Å². The average Bonchev–Trinajstić information content (AvgIpc) is 2.56. The van der Waals surface area contributed by atoms with Gasteiger partial charge in [-0.1, -0.05) is 26.0 Å². The Morgan fingerprint density at radius 3 is 2.43 bits per heavy atom. The van der Waals surface area contributed by atoms with Gasteiger partial charge in [-0.05, 0) is 60.8 Å². The summed E-state index contributed by atoms with van der Waals surface area (Å²) in [6, 6.07) is 4.56. The minimum absolute atomic E-state index is 0.789. The predicted molar refractivity (Wildman–Crippen MR) is 61.8 cm³/mol. The Bertz CT molecular complexity index is 347. The molecule has 0 bridgehead atoms. The second-order valence-electron chi connectivity index (χ2n) is 4.98. The first-order valence-electron chi connectivity index (χ1n) is 5.70. The Hall–Kier alpha value is -0.780. The highest BCUT2D eigenvalue weighted by Crippen LogP contribution is 2.41. The largest absolute Gasteiger partial charge is 0.0622 e. The molecule has 1 unspecified atom stereocenters. The normalized spacial score (nSPS) is 20.2. The summed E-state index contributed by atoms with van der Waals surface area (Å²) in [7, 11) is 0. The van der Waals surface area contributed by atoms with Crippen molar-refractivity contribution in [3.63, 3.8) is 0 Å². The van der Waals surface area contributed by atoms with E-state index in [4.69, 9.17) is 0 Å². The highest BCUT2D eigenvalue weighted by molar-refractivity contribution is 5.45. The molecule has 1 atom stereocenters. The third-order valence-corrected chi connectivity index (χ3v) is 3.69. The summed E-state index contributed by atoms with van der Waals surface area (Å²) >= 11 is 0. The van der Waals surface area contributed by atoms with Crippen LogP contribution in [0.5, 0.6) is 0 Å². The van der Waals surface area contributed by atoms with E-state index < -0.39 is 0 Å². The van der Waals surface area contributed by atoms with Crippen molar-refractivity contribution in [3.05, 3.63) is 34.4 Å². The van der Waals surface area contributed by atoms with Crippen LogP contribution in [0.2, 0.25) is 0 Å². The zero-order chi connectivity index (χ0) is 10.3. The number of hydrogen-bond donors (Lipinski definition) is 0. The van der Waals surface area contributed by atoms with Gasteiger partial charge in [-0.15, -0.1) is 0 Å². The van der Waals surface area contributed by atoms with Crippen molar-refractivity contribution in [1.82, 2.24) is 0 Å². The van der Waals surface area contributed by atoms with Crippen molar-refractivity contribution < 1.29 is 0 Å². The van der Waals surface area contributed by atoms with Gasteiger partial charge in [-0.25, -0.2) is 0 Å². The number of hydrogen-bond acceptors (Lipinski definition) is 0. The van der Waals surface area contributed by atoms with Gasteiger partial charge in [0.2, 0.25) is 0 Å². The lowest BCUT2D eigenvalue weighted by atomic mass is 9.87. The van der Waals surface area contributed by atoms with Crippen LogP contribution < -0.4 is 0 Å². The minimum Gasteiger partial charge on any atom is -0.0622 e. The van der Waals surface area contributed by atoms with Crippen LogP contribution >= 0.6 is 0 Å². The molecule has 2 rings (SSSR count). The molecule has 1 aromatic carbocycles. The summed E-state index contributed by atoms with van der Waals surface area (Å²) in [5.74, 6) is 1.60. The first kappa shape index (κ1) is 9.76. The smallest absolute Gasteiger partial charge is 0.0130 e. The number of rotatable bonds is 1. The molecule has 0 radical (unpaired) electrons. The Kier molecular flexibility index (Phi) is 2.38. The molecule has 0 aromatic heterocycles. The summed E-state index contributed by atoms with van der Waals surface area (Å²) in [5.41, 5.74) is 6.30. The topological polar surface area (TPSA) is 0 Å². The molecule has 0 heterocycles. The lowest BCUT2D eigenvalue weighted by molar-refractivity contribution is 0.494. The maximum Gasteiger partial charge on any atom is -0.0130 e. The van der Waals surface area contributed by atoms with Gasteiger partial charge < -0.3 is 0 Å². The van der Waals surface area contributed by atoms with Gasteiger partial charge in [0.1, 0.15) is 0 Å². The molecular weight excluding hydrogens is 168 g/mol. The zero-order valence-corrected chi connectivity index (χ0v) is 9.72. The molecule has 1 aliphatic rings. The van der Waals surface area contributed by atoms with Crippen molar-refractivity contribution in [2.45, 2.75) is 46.5 Å². The third kappa shape index (κ3) is 1.37. The summed E-state index contributed by atoms with van der Waals surface area (Å²) in [6.07, 6.45) is 2.66. The molecule has 0 saturated carbocycles. The molecule has 0 fully saturated rings. The van der Waals surface area contributed by atoms with Crippen LogP contribution in [0.15, 0.2) is 12.1 Å². The maximum atomic E-state index is 2.35. The highest BCUT2D eigenvalue weighted by Gasteiger charge is 2.27. The van der Waals surface area contributed by atoms with Gasteiger partial charge >= 0.3 is 0 Å². The fourth-order valence-electron chi connectivity index (χ4n) is 2.85. The number of benzene rings is 1. The number of fused-ring (bicyclic) bond motifs is 1. The maximum absolute atomic E-state index is 2.35. The van der Waals surface area contributed by atoms with Crippen LogP contribution in [0.3, 0.4) is 0 Å². The highest BCUT2D eigenvalue weighted by atomic mass is 14.3. The molecule has 0 spiro atoms. The first-order valence-corrected chi connectivity index (χ1v) is 5.70. The summed E-state index contributed by atoms with van der Waals surface area (Å²) in [6.45, 7) is 9.21. The predicted octanol–water partition coefficient (Wildman–Crippen LogP) is 3.99.